The molecule has 19 heavy (non-hydrogen) atoms. The highest BCUT2D eigenvalue weighted by Crippen LogP contribution is 2.19. The molecule has 0 aliphatic carbocycles. The van der Waals surface area contributed by atoms with Gasteiger partial charge in [0.1, 0.15) is 5.75 Å². The Kier molecular flexibility index (Phi) is 3.87. The Labute approximate surface area is 111 Å². The number of nitrogens with one attached hydrogen (secondary N) is 2. The zero-order chi connectivity index (χ0) is 13.7. The van der Waals surface area contributed by atoms with E-state index in [1.807, 2.05) is 0 Å². The van der Waals surface area contributed by atoms with Crippen LogP contribution in [0.2, 0.25) is 0 Å². The fraction of sp³-hybridized carbons (Fsp3) is 0.0714. The van der Waals surface area contributed by atoms with Crippen molar-refractivity contribution in [2.45, 2.75) is 0 Å². The monoisotopic (exact) mass is 257 g/mol. The highest BCUT2D eigenvalue weighted by atomic mass is 16.5. The molecule has 0 aliphatic heterocycles. The average molecular weight is 257 g/mol. The largest absolute Gasteiger partial charge is 0.497 e. The molecule has 0 unspecified atom stereocenters. The van der Waals surface area contributed by atoms with Crippen LogP contribution in [0.25, 0.3) is 0 Å². The number of hydrogen-bond donors (Lipinski definition) is 3. The van der Waals surface area contributed by atoms with Crippen molar-refractivity contribution in [2.24, 2.45) is 0 Å². The first-order chi connectivity index (χ1) is 9.19. The number of methoxy groups -OCH3 is 1. The van der Waals surface area contributed by atoms with Crippen LogP contribution in [0, 0.1) is 0 Å². The van der Waals surface area contributed by atoms with E-state index in [2.05, 4.69) is 10.6 Å². The van der Waals surface area contributed by atoms with Crippen LogP contribution in [-0.4, -0.2) is 13.1 Å². The number of anilines is 3. The van der Waals surface area contributed by atoms with E-state index < -0.39 is 0 Å². The van der Waals surface area contributed by atoms with Gasteiger partial charge in [0, 0.05) is 11.8 Å². The van der Waals surface area contributed by atoms with Gasteiger partial charge in [-0.1, -0.05) is 18.2 Å². The topological polar surface area (TPSA) is 76.4 Å². The Morgan fingerprint density at radius 2 is 1.89 bits per heavy atom. The van der Waals surface area contributed by atoms with Crippen LogP contribution in [0.1, 0.15) is 0 Å². The van der Waals surface area contributed by atoms with E-state index in [0.717, 1.165) is 0 Å². The van der Waals surface area contributed by atoms with Crippen molar-refractivity contribution in [3.8, 4) is 5.75 Å². The molecule has 2 aromatic rings. The van der Waals surface area contributed by atoms with Gasteiger partial charge in [0.15, 0.2) is 0 Å². The second-order valence-electron chi connectivity index (χ2n) is 3.90. The molecule has 2 amide bonds. The Bertz CT molecular complexity index is 584. The zero-order valence-corrected chi connectivity index (χ0v) is 10.5. The molecule has 5 nitrogen and oxygen atoms in total. The fourth-order valence-corrected chi connectivity index (χ4v) is 1.60. The van der Waals surface area contributed by atoms with Crippen molar-refractivity contribution in [2.75, 3.05) is 23.5 Å². The molecular formula is C14H15N3O2. The lowest BCUT2D eigenvalue weighted by Crippen LogP contribution is -2.20. The number of nitrogens with two attached hydrogens (primary N) is 1. The number of urea groups is 1. The minimum Gasteiger partial charge on any atom is -0.497 e. The van der Waals surface area contributed by atoms with Crippen LogP contribution in [0.15, 0.2) is 48.5 Å². The first kappa shape index (κ1) is 12.8. The minimum absolute atomic E-state index is 0.355. The third-order valence-corrected chi connectivity index (χ3v) is 2.54. The molecule has 0 atom stereocenters. The van der Waals surface area contributed by atoms with Gasteiger partial charge in [-0.2, -0.15) is 0 Å². The molecule has 0 saturated carbocycles. The molecule has 0 fully saturated rings. The van der Waals surface area contributed by atoms with Crippen molar-refractivity contribution in [3.05, 3.63) is 48.5 Å². The molecule has 0 saturated heterocycles. The summed E-state index contributed by atoms with van der Waals surface area (Å²) < 4.78 is 5.08. The molecule has 2 aromatic carbocycles. The van der Waals surface area contributed by atoms with Crippen LogP contribution in [0.5, 0.6) is 5.75 Å². The van der Waals surface area contributed by atoms with Gasteiger partial charge in [0.25, 0.3) is 0 Å². The number of rotatable bonds is 3. The lowest BCUT2D eigenvalue weighted by atomic mass is 10.3. The second-order valence-corrected chi connectivity index (χ2v) is 3.90. The van der Waals surface area contributed by atoms with Crippen molar-refractivity contribution in [1.82, 2.24) is 0 Å². The number of hydrogen-bond acceptors (Lipinski definition) is 3. The van der Waals surface area contributed by atoms with Gasteiger partial charge >= 0.3 is 6.03 Å². The summed E-state index contributed by atoms with van der Waals surface area (Å²) in [5, 5.41) is 5.39. The minimum atomic E-state index is -0.355. The zero-order valence-electron chi connectivity index (χ0n) is 10.5. The number of carbonyl (C=O) groups is 1. The summed E-state index contributed by atoms with van der Waals surface area (Å²) in [6, 6.07) is 13.8. The van der Waals surface area contributed by atoms with E-state index in [0.29, 0.717) is 22.8 Å². The number of ether oxygens (including phenoxy) is 1. The summed E-state index contributed by atoms with van der Waals surface area (Å²) in [6.45, 7) is 0. The van der Waals surface area contributed by atoms with Gasteiger partial charge in [0.05, 0.1) is 18.5 Å². The molecule has 0 aliphatic rings. The maximum atomic E-state index is 11.8. The Balaban J connectivity index is 2.03. The molecule has 2 rings (SSSR count). The molecular weight excluding hydrogens is 242 g/mol. The molecule has 0 heterocycles. The molecule has 5 heteroatoms. The van der Waals surface area contributed by atoms with Crippen LogP contribution >= 0.6 is 0 Å². The fourth-order valence-electron chi connectivity index (χ4n) is 1.60. The molecule has 0 radical (unpaired) electrons. The summed E-state index contributed by atoms with van der Waals surface area (Å²) in [7, 11) is 1.57. The predicted molar refractivity (Wildman–Crippen MR) is 76.5 cm³/mol. The molecule has 0 aromatic heterocycles. The lowest BCUT2D eigenvalue weighted by molar-refractivity contribution is 0.262. The molecule has 0 bridgehead atoms. The van der Waals surface area contributed by atoms with E-state index in [9.17, 15) is 4.79 Å². The standard InChI is InChI=1S/C14H15N3O2/c1-19-11-6-4-5-10(9-11)16-14(18)17-13-8-3-2-7-12(13)15/h2-9H,15H2,1H3,(H2,16,17,18). The maximum Gasteiger partial charge on any atom is 0.323 e. The van der Waals surface area contributed by atoms with E-state index in [4.69, 9.17) is 10.5 Å². The van der Waals surface area contributed by atoms with Gasteiger partial charge in [-0.25, -0.2) is 4.79 Å². The van der Waals surface area contributed by atoms with Crippen molar-refractivity contribution >= 4 is 23.1 Å². The first-order valence-electron chi connectivity index (χ1n) is 5.75. The Morgan fingerprint density at radius 3 is 2.63 bits per heavy atom. The summed E-state index contributed by atoms with van der Waals surface area (Å²) in [5.41, 5.74) is 7.48. The molecule has 98 valence electrons. The highest BCUT2D eigenvalue weighted by molar-refractivity contribution is 6.01. The van der Waals surface area contributed by atoms with Gasteiger partial charge < -0.3 is 21.1 Å². The molecule has 0 spiro atoms. The predicted octanol–water partition coefficient (Wildman–Crippen LogP) is 2.92. The summed E-state index contributed by atoms with van der Waals surface area (Å²) in [6.07, 6.45) is 0. The smallest absolute Gasteiger partial charge is 0.323 e. The second kappa shape index (κ2) is 5.77. The van der Waals surface area contributed by atoms with Crippen molar-refractivity contribution in [1.29, 1.82) is 0 Å². The number of benzene rings is 2. The summed E-state index contributed by atoms with van der Waals surface area (Å²) >= 11 is 0. The maximum absolute atomic E-state index is 11.8. The van der Waals surface area contributed by atoms with E-state index in [1.54, 1.807) is 55.6 Å². The van der Waals surface area contributed by atoms with Crippen molar-refractivity contribution in [3.63, 3.8) is 0 Å². The quantitative estimate of drug-likeness (QED) is 0.740. The highest BCUT2D eigenvalue weighted by Gasteiger charge is 2.05. The van der Waals surface area contributed by atoms with E-state index >= 15 is 0 Å². The van der Waals surface area contributed by atoms with E-state index in [1.165, 1.54) is 0 Å². The average Bonchev–Trinajstić information content (AvgIpc) is 2.41. The van der Waals surface area contributed by atoms with Crippen LogP contribution in [-0.2, 0) is 0 Å². The van der Waals surface area contributed by atoms with Gasteiger partial charge in [0.2, 0.25) is 0 Å². The SMILES string of the molecule is COc1cccc(NC(=O)Nc2ccccc2N)c1. The normalized spacial score (nSPS) is 9.74. The summed E-state index contributed by atoms with van der Waals surface area (Å²) in [4.78, 5) is 11.8. The summed E-state index contributed by atoms with van der Waals surface area (Å²) in [5.74, 6) is 0.678. The van der Waals surface area contributed by atoms with Crippen LogP contribution < -0.4 is 21.1 Å². The van der Waals surface area contributed by atoms with E-state index in [-0.39, 0.29) is 6.03 Å². The van der Waals surface area contributed by atoms with Crippen LogP contribution in [0.3, 0.4) is 0 Å². The number of para-hydroxylation sites is 2. The van der Waals surface area contributed by atoms with Gasteiger partial charge in [-0.3, -0.25) is 0 Å². The molecule has 4 N–H and O–H groups in total. The number of carbonyl (C=O) groups excluding carboxylic acids is 1. The number of nitrogen functional groups attached to an aromatic ring is 1. The Morgan fingerprint density at radius 1 is 1.11 bits per heavy atom. The van der Waals surface area contributed by atoms with Gasteiger partial charge in [-0.05, 0) is 24.3 Å². The number of amides is 2. The van der Waals surface area contributed by atoms with Gasteiger partial charge in [-0.15, -0.1) is 0 Å². The first-order valence-corrected chi connectivity index (χ1v) is 5.75. The third-order valence-electron chi connectivity index (χ3n) is 2.54. The lowest BCUT2D eigenvalue weighted by Gasteiger charge is -2.10. The third kappa shape index (κ3) is 3.38. The van der Waals surface area contributed by atoms with Crippen LogP contribution in [0.4, 0.5) is 21.9 Å². The Hall–Kier alpha value is -2.69. The van der Waals surface area contributed by atoms with Crippen molar-refractivity contribution < 1.29 is 9.53 Å².